The first-order chi connectivity index (χ1) is 15.7. The van der Waals surface area contributed by atoms with Crippen LogP contribution in [0.2, 0.25) is 0 Å². The summed E-state index contributed by atoms with van der Waals surface area (Å²) in [6, 6.07) is 7.15. The minimum atomic E-state index is -4.03. The Labute approximate surface area is 197 Å². The maximum Gasteiger partial charge on any atom is 0.265 e. The average Bonchev–Trinajstić information content (AvgIpc) is 3.15. The largest absolute Gasteiger partial charge is 0.345 e. The van der Waals surface area contributed by atoms with Gasteiger partial charge in [-0.1, -0.05) is 25.0 Å². The van der Waals surface area contributed by atoms with E-state index in [0.29, 0.717) is 27.0 Å². The first-order valence-corrected chi connectivity index (χ1v) is 13.2. The van der Waals surface area contributed by atoms with E-state index in [4.69, 9.17) is 0 Å². The molecular formula is C23H27FN4O3S2. The standard InChI is InChI=1S/C23H27FN4O3S2/c1-15-21(23(29)28-12-8-4-5-9-13-28)32-22(25-15)19-14-20(16(2)27(19)3)33(30,31)26-18-11-7-6-10-17(18)24/h6-7,10-11,14,26H,4-5,8-9,12-13H2,1-3H3. The molecule has 1 amide bonds. The Bertz CT molecular complexity index is 1290. The van der Waals surface area contributed by atoms with Gasteiger partial charge in [-0.2, -0.15) is 0 Å². The SMILES string of the molecule is Cc1nc(-c2cc(S(=O)(=O)Nc3ccccc3F)c(C)n2C)sc1C(=O)N1CCCCCC1. The summed E-state index contributed by atoms with van der Waals surface area (Å²) in [7, 11) is -2.28. The van der Waals surface area contributed by atoms with E-state index in [2.05, 4.69) is 9.71 Å². The Morgan fingerprint density at radius 3 is 2.45 bits per heavy atom. The lowest BCUT2D eigenvalue weighted by Crippen LogP contribution is -2.31. The molecule has 0 bridgehead atoms. The topological polar surface area (TPSA) is 84.3 Å². The second-order valence-corrected chi connectivity index (χ2v) is 10.9. The highest BCUT2D eigenvalue weighted by Crippen LogP contribution is 2.34. The van der Waals surface area contributed by atoms with Crippen molar-refractivity contribution in [1.82, 2.24) is 14.5 Å². The highest BCUT2D eigenvalue weighted by atomic mass is 32.2. The number of amides is 1. The van der Waals surface area contributed by atoms with Gasteiger partial charge in [0.05, 0.1) is 17.1 Å². The molecule has 1 aliphatic rings. The van der Waals surface area contributed by atoms with Crippen molar-refractivity contribution in [3.05, 3.63) is 52.4 Å². The van der Waals surface area contributed by atoms with E-state index >= 15 is 0 Å². The van der Waals surface area contributed by atoms with Gasteiger partial charge in [-0.05, 0) is 44.9 Å². The van der Waals surface area contributed by atoms with Crippen LogP contribution < -0.4 is 4.72 Å². The summed E-state index contributed by atoms with van der Waals surface area (Å²) in [5, 5.41) is 0.573. The second-order valence-electron chi connectivity index (χ2n) is 8.26. The smallest absolute Gasteiger partial charge is 0.265 e. The van der Waals surface area contributed by atoms with Crippen LogP contribution in [0.3, 0.4) is 0 Å². The van der Waals surface area contributed by atoms with Crippen molar-refractivity contribution in [3.63, 3.8) is 0 Å². The van der Waals surface area contributed by atoms with Gasteiger partial charge < -0.3 is 9.47 Å². The minimum Gasteiger partial charge on any atom is -0.345 e. The molecule has 176 valence electrons. The van der Waals surface area contributed by atoms with E-state index in [1.807, 2.05) is 4.90 Å². The molecule has 0 saturated carbocycles. The molecule has 1 aliphatic heterocycles. The van der Waals surface area contributed by atoms with Gasteiger partial charge in [-0.3, -0.25) is 9.52 Å². The average molecular weight is 491 g/mol. The summed E-state index contributed by atoms with van der Waals surface area (Å²) in [5.74, 6) is -0.666. The lowest BCUT2D eigenvalue weighted by Gasteiger charge is -2.19. The number of benzene rings is 1. The molecule has 33 heavy (non-hydrogen) atoms. The monoisotopic (exact) mass is 490 g/mol. The molecule has 0 atom stereocenters. The van der Waals surface area contributed by atoms with Crippen molar-refractivity contribution in [2.45, 2.75) is 44.4 Å². The number of hydrogen-bond donors (Lipinski definition) is 1. The summed E-state index contributed by atoms with van der Waals surface area (Å²) in [5.41, 5.74) is 1.60. The lowest BCUT2D eigenvalue weighted by molar-refractivity contribution is 0.0765. The summed E-state index contributed by atoms with van der Waals surface area (Å²) >= 11 is 1.28. The highest BCUT2D eigenvalue weighted by Gasteiger charge is 2.27. The third-order valence-electron chi connectivity index (χ3n) is 6.00. The van der Waals surface area contributed by atoms with Gasteiger partial charge in [0.1, 0.15) is 20.6 Å². The number of carbonyl (C=O) groups excluding carboxylic acids is 1. The van der Waals surface area contributed by atoms with Crippen LogP contribution >= 0.6 is 11.3 Å². The van der Waals surface area contributed by atoms with E-state index < -0.39 is 15.8 Å². The number of anilines is 1. The van der Waals surface area contributed by atoms with Crippen molar-refractivity contribution < 1.29 is 17.6 Å². The number of likely N-dealkylation sites (tertiary alicyclic amines) is 1. The zero-order chi connectivity index (χ0) is 23.8. The first kappa shape index (κ1) is 23.4. The van der Waals surface area contributed by atoms with Gasteiger partial charge in [0, 0.05) is 25.8 Å². The van der Waals surface area contributed by atoms with Crippen LogP contribution in [0.4, 0.5) is 10.1 Å². The van der Waals surface area contributed by atoms with Crippen LogP contribution in [-0.4, -0.2) is 41.9 Å². The van der Waals surface area contributed by atoms with E-state index in [-0.39, 0.29) is 16.5 Å². The summed E-state index contributed by atoms with van der Waals surface area (Å²) in [6.45, 7) is 4.99. The number of nitrogens with one attached hydrogen (secondary N) is 1. The van der Waals surface area contributed by atoms with Crippen LogP contribution in [-0.2, 0) is 17.1 Å². The molecule has 1 fully saturated rings. The zero-order valence-electron chi connectivity index (χ0n) is 18.9. The van der Waals surface area contributed by atoms with Crippen LogP contribution in [0.25, 0.3) is 10.7 Å². The number of aromatic nitrogens is 2. The van der Waals surface area contributed by atoms with Crippen LogP contribution in [0.5, 0.6) is 0 Å². The molecule has 0 unspecified atom stereocenters. The quantitative estimate of drug-likeness (QED) is 0.561. The summed E-state index contributed by atoms with van der Waals surface area (Å²) in [6.07, 6.45) is 4.28. The van der Waals surface area contributed by atoms with E-state index in [1.165, 1.54) is 35.6 Å². The fourth-order valence-electron chi connectivity index (χ4n) is 4.01. The van der Waals surface area contributed by atoms with Crippen molar-refractivity contribution >= 4 is 33.0 Å². The molecule has 0 aliphatic carbocycles. The highest BCUT2D eigenvalue weighted by molar-refractivity contribution is 7.92. The van der Waals surface area contributed by atoms with Gasteiger partial charge in [-0.25, -0.2) is 17.8 Å². The number of hydrogen-bond acceptors (Lipinski definition) is 5. The molecule has 0 spiro atoms. The number of halogens is 1. The maximum atomic E-state index is 14.0. The molecule has 3 aromatic rings. The molecule has 7 nitrogen and oxygen atoms in total. The molecule has 1 saturated heterocycles. The van der Waals surface area contributed by atoms with Gasteiger partial charge in [0.25, 0.3) is 15.9 Å². The summed E-state index contributed by atoms with van der Waals surface area (Å²) in [4.78, 5) is 20.2. The van der Waals surface area contributed by atoms with Gasteiger partial charge in [0.2, 0.25) is 0 Å². The molecule has 2 aromatic heterocycles. The molecule has 3 heterocycles. The maximum absolute atomic E-state index is 14.0. The van der Waals surface area contributed by atoms with E-state index in [9.17, 15) is 17.6 Å². The Morgan fingerprint density at radius 2 is 1.79 bits per heavy atom. The molecule has 1 N–H and O–H groups in total. The number of aryl methyl sites for hydroxylation is 1. The van der Waals surface area contributed by atoms with Gasteiger partial charge in [0.15, 0.2) is 0 Å². The van der Waals surface area contributed by atoms with E-state index in [0.717, 1.165) is 38.8 Å². The number of carbonyl (C=O) groups is 1. The van der Waals surface area contributed by atoms with Crippen molar-refractivity contribution in [3.8, 4) is 10.7 Å². The normalized spacial score (nSPS) is 14.8. The number of para-hydroxylation sites is 1. The van der Waals surface area contributed by atoms with Gasteiger partial charge in [-0.15, -0.1) is 11.3 Å². The second kappa shape index (κ2) is 9.26. The fourth-order valence-corrected chi connectivity index (χ4v) is 6.46. The Balaban J connectivity index is 1.66. The third-order valence-corrected chi connectivity index (χ3v) is 8.65. The third kappa shape index (κ3) is 4.67. The van der Waals surface area contributed by atoms with Gasteiger partial charge >= 0.3 is 0 Å². The molecule has 1 aromatic carbocycles. The zero-order valence-corrected chi connectivity index (χ0v) is 20.5. The summed E-state index contributed by atoms with van der Waals surface area (Å²) < 4.78 is 44.1. The van der Waals surface area contributed by atoms with Crippen LogP contribution in [0.1, 0.15) is 46.7 Å². The van der Waals surface area contributed by atoms with Crippen LogP contribution in [0, 0.1) is 19.7 Å². The fraction of sp³-hybridized carbons (Fsp3) is 0.391. The number of sulfonamides is 1. The Kier molecular flexibility index (Phi) is 6.58. The Hall–Kier alpha value is -2.72. The van der Waals surface area contributed by atoms with E-state index in [1.54, 1.807) is 31.5 Å². The predicted molar refractivity (Wildman–Crippen MR) is 128 cm³/mol. The minimum absolute atomic E-state index is 0.0156. The lowest BCUT2D eigenvalue weighted by atomic mass is 10.2. The molecule has 0 radical (unpaired) electrons. The number of nitrogens with zero attached hydrogens (tertiary/aromatic N) is 3. The van der Waals surface area contributed by atoms with Crippen molar-refractivity contribution in [2.75, 3.05) is 17.8 Å². The first-order valence-electron chi connectivity index (χ1n) is 10.9. The van der Waals surface area contributed by atoms with Crippen molar-refractivity contribution in [1.29, 1.82) is 0 Å². The molecular weight excluding hydrogens is 463 g/mol. The number of thiazole rings is 1. The number of rotatable bonds is 5. The predicted octanol–water partition coefficient (Wildman–Crippen LogP) is 4.72. The molecule has 4 rings (SSSR count). The van der Waals surface area contributed by atoms with Crippen molar-refractivity contribution in [2.24, 2.45) is 7.05 Å². The van der Waals surface area contributed by atoms with Crippen LogP contribution in [0.15, 0.2) is 35.2 Å². The Morgan fingerprint density at radius 1 is 1.12 bits per heavy atom. The molecule has 10 heteroatoms.